The third-order valence-electron chi connectivity index (χ3n) is 3.67. The molecule has 3 heteroatoms. The smallest absolute Gasteiger partial charge is 0.158 e. The molecule has 1 aliphatic rings. The molecule has 0 spiro atoms. The minimum Gasteiger partial charge on any atom is -0.359 e. The molecule has 1 N–H and O–H groups in total. The Morgan fingerprint density at radius 2 is 1.67 bits per heavy atom. The van der Waals surface area contributed by atoms with Gasteiger partial charge in [0, 0.05) is 28.9 Å². The molecule has 0 fully saturated rings. The fraction of sp³-hybridized carbons (Fsp3) is 0.167. The number of carbonyl (C=O) groups excluding carboxylic acids is 1. The summed E-state index contributed by atoms with van der Waals surface area (Å²) in [5, 5.41) is 4.06. The molecular weight excluding hydrogens is 282 g/mol. The van der Waals surface area contributed by atoms with E-state index in [9.17, 15) is 4.79 Å². The van der Waals surface area contributed by atoms with E-state index < -0.39 is 0 Å². The van der Waals surface area contributed by atoms with Crippen LogP contribution in [0.1, 0.15) is 24.3 Å². The number of hydrogen-bond donors (Lipinski definition) is 1. The maximum atomic E-state index is 12.0. The van der Waals surface area contributed by atoms with E-state index >= 15 is 0 Å². The van der Waals surface area contributed by atoms with Crippen LogP contribution in [0, 0.1) is 0 Å². The number of rotatable bonds is 3. The number of hydrogen-bond acceptors (Lipinski definition) is 2. The molecule has 0 aliphatic heterocycles. The number of ketones is 1. The van der Waals surface area contributed by atoms with Crippen LogP contribution in [0.15, 0.2) is 66.4 Å². The summed E-state index contributed by atoms with van der Waals surface area (Å²) in [5.41, 5.74) is 3.14. The van der Waals surface area contributed by atoms with Crippen LogP contribution in [-0.4, -0.2) is 5.78 Å². The van der Waals surface area contributed by atoms with Gasteiger partial charge in [-0.1, -0.05) is 41.9 Å². The number of nitrogens with one attached hydrogen (secondary N) is 1. The van der Waals surface area contributed by atoms with Crippen LogP contribution in [0.4, 0.5) is 5.69 Å². The number of allylic oxidation sites excluding steroid dienone is 2. The highest BCUT2D eigenvalue weighted by Gasteiger charge is 2.22. The SMILES string of the molecule is O=C1C=C(Nc2ccccc2)C[C@H](c2ccc(Cl)cc2)C1. The Hall–Kier alpha value is -2.06. The molecule has 0 saturated carbocycles. The second kappa shape index (κ2) is 6.15. The zero-order valence-electron chi connectivity index (χ0n) is 11.6. The molecular formula is C18H16ClNO. The molecule has 0 amide bonds. The summed E-state index contributed by atoms with van der Waals surface area (Å²) in [6.45, 7) is 0. The number of para-hydroxylation sites is 1. The van der Waals surface area contributed by atoms with Gasteiger partial charge in [0.15, 0.2) is 5.78 Å². The summed E-state index contributed by atoms with van der Waals surface area (Å²) in [5.74, 6) is 0.380. The summed E-state index contributed by atoms with van der Waals surface area (Å²) in [4.78, 5) is 12.0. The summed E-state index contributed by atoms with van der Waals surface area (Å²) < 4.78 is 0. The lowest BCUT2D eigenvalue weighted by molar-refractivity contribution is -0.115. The summed E-state index contributed by atoms with van der Waals surface area (Å²) in [6.07, 6.45) is 3.11. The first-order valence-corrected chi connectivity index (χ1v) is 7.39. The Balaban J connectivity index is 1.77. The standard InChI is InChI=1S/C18H16ClNO/c19-15-8-6-13(7-9-15)14-10-17(12-18(21)11-14)20-16-4-2-1-3-5-16/h1-9,12,14,20H,10-11H2/t14-/m0/s1. The van der Waals surface area contributed by atoms with Crippen LogP contribution in [0.3, 0.4) is 0 Å². The summed E-state index contributed by atoms with van der Waals surface area (Å²) >= 11 is 5.92. The van der Waals surface area contributed by atoms with Crippen molar-refractivity contribution in [2.75, 3.05) is 5.32 Å². The zero-order valence-corrected chi connectivity index (χ0v) is 12.3. The van der Waals surface area contributed by atoms with E-state index in [-0.39, 0.29) is 11.7 Å². The number of anilines is 1. The molecule has 0 saturated heterocycles. The van der Waals surface area contributed by atoms with Crippen molar-refractivity contribution >= 4 is 23.1 Å². The van der Waals surface area contributed by atoms with Crippen molar-refractivity contribution in [1.29, 1.82) is 0 Å². The molecule has 3 rings (SSSR count). The van der Waals surface area contributed by atoms with E-state index in [2.05, 4.69) is 5.32 Å². The van der Waals surface area contributed by atoms with E-state index in [0.717, 1.165) is 28.4 Å². The lowest BCUT2D eigenvalue weighted by Crippen LogP contribution is -2.16. The highest BCUT2D eigenvalue weighted by atomic mass is 35.5. The molecule has 0 radical (unpaired) electrons. The highest BCUT2D eigenvalue weighted by Crippen LogP contribution is 2.32. The molecule has 0 aromatic heterocycles. The molecule has 1 atom stereocenters. The largest absolute Gasteiger partial charge is 0.359 e. The Labute approximate surface area is 129 Å². The monoisotopic (exact) mass is 297 g/mol. The van der Waals surface area contributed by atoms with E-state index in [4.69, 9.17) is 11.6 Å². The van der Waals surface area contributed by atoms with Crippen molar-refractivity contribution < 1.29 is 4.79 Å². The van der Waals surface area contributed by atoms with Gasteiger partial charge >= 0.3 is 0 Å². The van der Waals surface area contributed by atoms with Gasteiger partial charge in [0.2, 0.25) is 0 Å². The minimum absolute atomic E-state index is 0.166. The Bertz CT molecular complexity index is 661. The Morgan fingerprint density at radius 3 is 2.38 bits per heavy atom. The van der Waals surface area contributed by atoms with Crippen molar-refractivity contribution in [2.45, 2.75) is 18.8 Å². The molecule has 0 unspecified atom stereocenters. The van der Waals surface area contributed by atoms with E-state index in [1.807, 2.05) is 54.6 Å². The van der Waals surface area contributed by atoms with Crippen LogP contribution in [0.5, 0.6) is 0 Å². The van der Waals surface area contributed by atoms with Crippen molar-refractivity contribution in [1.82, 2.24) is 0 Å². The van der Waals surface area contributed by atoms with E-state index in [1.54, 1.807) is 6.08 Å². The van der Waals surface area contributed by atoms with E-state index in [0.29, 0.717) is 6.42 Å². The summed E-state index contributed by atoms with van der Waals surface area (Å²) in [7, 11) is 0. The molecule has 2 nitrogen and oxygen atoms in total. The molecule has 106 valence electrons. The number of halogens is 1. The third kappa shape index (κ3) is 3.53. The highest BCUT2D eigenvalue weighted by molar-refractivity contribution is 6.30. The first-order valence-electron chi connectivity index (χ1n) is 7.01. The Kier molecular flexibility index (Phi) is 4.07. The maximum absolute atomic E-state index is 12.0. The first kappa shape index (κ1) is 13.9. The lowest BCUT2D eigenvalue weighted by Gasteiger charge is -2.23. The predicted molar refractivity (Wildman–Crippen MR) is 86.6 cm³/mol. The van der Waals surface area contributed by atoms with Crippen molar-refractivity contribution in [3.63, 3.8) is 0 Å². The quantitative estimate of drug-likeness (QED) is 0.883. The van der Waals surface area contributed by atoms with Gasteiger partial charge in [-0.15, -0.1) is 0 Å². The second-order valence-corrected chi connectivity index (χ2v) is 5.72. The minimum atomic E-state index is 0.166. The van der Waals surface area contributed by atoms with Crippen molar-refractivity contribution in [3.8, 4) is 0 Å². The number of benzene rings is 2. The fourth-order valence-corrected chi connectivity index (χ4v) is 2.78. The fourth-order valence-electron chi connectivity index (χ4n) is 2.66. The Morgan fingerprint density at radius 1 is 0.952 bits per heavy atom. The first-order chi connectivity index (χ1) is 10.2. The zero-order chi connectivity index (χ0) is 14.7. The summed E-state index contributed by atoms with van der Waals surface area (Å²) in [6, 6.07) is 17.7. The van der Waals surface area contributed by atoms with Gasteiger partial charge in [0.05, 0.1) is 0 Å². The molecule has 1 aliphatic carbocycles. The lowest BCUT2D eigenvalue weighted by atomic mass is 9.85. The van der Waals surface area contributed by atoms with Crippen LogP contribution in [-0.2, 0) is 4.79 Å². The van der Waals surface area contributed by atoms with Crippen LogP contribution in [0.25, 0.3) is 0 Å². The van der Waals surface area contributed by atoms with Crippen LogP contribution >= 0.6 is 11.6 Å². The van der Waals surface area contributed by atoms with Gasteiger partial charge in [-0.3, -0.25) is 4.79 Å². The average molecular weight is 298 g/mol. The predicted octanol–water partition coefficient (Wildman–Crippen LogP) is 4.78. The van der Waals surface area contributed by atoms with Crippen LogP contribution < -0.4 is 5.32 Å². The average Bonchev–Trinajstić information content (AvgIpc) is 2.48. The van der Waals surface area contributed by atoms with Gasteiger partial charge in [-0.2, -0.15) is 0 Å². The van der Waals surface area contributed by atoms with Gasteiger partial charge in [-0.05, 0) is 42.2 Å². The van der Waals surface area contributed by atoms with Crippen LogP contribution in [0.2, 0.25) is 5.02 Å². The van der Waals surface area contributed by atoms with Gasteiger partial charge < -0.3 is 5.32 Å². The third-order valence-corrected chi connectivity index (χ3v) is 3.92. The molecule has 0 bridgehead atoms. The van der Waals surface area contributed by atoms with Gasteiger partial charge in [-0.25, -0.2) is 0 Å². The molecule has 2 aromatic rings. The normalized spacial score (nSPS) is 18.2. The maximum Gasteiger partial charge on any atom is 0.158 e. The van der Waals surface area contributed by atoms with Gasteiger partial charge in [0.1, 0.15) is 0 Å². The van der Waals surface area contributed by atoms with Gasteiger partial charge in [0.25, 0.3) is 0 Å². The second-order valence-electron chi connectivity index (χ2n) is 5.28. The number of carbonyl (C=O) groups is 1. The van der Waals surface area contributed by atoms with Crippen molar-refractivity contribution in [2.24, 2.45) is 0 Å². The molecule has 0 heterocycles. The topological polar surface area (TPSA) is 29.1 Å². The molecule has 2 aromatic carbocycles. The van der Waals surface area contributed by atoms with Crippen molar-refractivity contribution in [3.05, 3.63) is 77.0 Å². The van der Waals surface area contributed by atoms with E-state index in [1.165, 1.54) is 0 Å². The molecule has 21 heavy (non-hydrogen) atoms.